The lowest BCUT2D eigenvalue weighted by Crippen LogP contribution is -2.23. The number of nitrogens with two attached hydrogens (primary N) is 1. The van der Waals surface area contributed by atoms with Crippen molar-refractivity contribution in [2.24, 2.45) is 5.92 Å². The number of hydrogen-bond acceptors (Lipinski definition) is 3. The van der Waals surface area contributed by atoms with Crippen molar-refractivity contribution >= 4 is 17.3 Å². The molecule has 1 heterocycles. The highest BCUT2D eigenvalue weighted by molar-refractivity contribution is 5.93. The average Bonchev–Trinajstić information content (AvgIpc) is 2.89. The zero-order valence-corrected chi connectivity index (χ0v) is 13.0. The molecule has 1 aromatic rings. The van der Waals surface area contributed by atoms with Gasteiger partial charge in [-0.1, -0.05) is 25.5 Å². The minimum Gasteiger partial charge on any atom is -0.397 e. The number of rotatable bonds is 7. The normalized spacial score (nSPS) is 18.8. The Morgan fingerprint density at radius 2 is 2.24 bits per heavy atom. The lowest BCUT2D eigenvalue weighted by Gasteiger charge is -2.15. The van der Waals surface area contributed by atoms with Crippen LogP contribution in [0, 0.1) is 5.92 Å². The van der Waals surface area contributed by atoms with Gasteiger partial charge in [-0.05, 0) is 50.4 Å². The second-order valence-electron chi connectivity index (χ2n) is 5.98. The topological polar surface area (TPSA) is 58.4 Å². The Bertz CT molecular complexity index is 461. The molecule has 0 aliphatic carbocycles. The van der Waals surface area contributed by atoms with Crippen LogP contribution in [0.3, 0.4) is 0 Å². The van der Waals surface area contributed by atoms with Crippen LogP contribution in [-0.2, 0) is 4.79 Å². The van der Waals surface area contributed by atoms with Gasteiger partial charge in [0, 0.05) is 13.0 Å². The Kier molecular flexibility index (Phi) is 6.05. The summed E-state index contributed by atoms with van der Waals surface area (Å²) in [6, 6.07) is 7.38. The van der Waals surface area contributed by atoms with Crippen molar-refractivity contribution in [1.29, 1.82) is 0 Å². The van der Waals surface area contributed by atoms with Crippen LogP contribution in [0.5, 0.6) is 0 Å². The van der Waals surface area contributed by atoms with E-state index in [0.29, 0.717) is 17.8 Å². The van der Waals surface area contributed by atoms with Gasteiger partial charge in [-0.3, -0.25) is 4.79 Å². The lowest BCUT2D eigenvalue weighted by atomic mass is 10.0. The van der Waals surface area contributed by atoms with Crippen molar-refractivity contribution in [3.63, 3.8) is 0 Å². The molecule has 4 heteroatoms. The van der Waals surface area contributed by atoms with E-state index in [-0.39, 0.29) is 5.91 Å². The molecule has 116 valence electrons. The molecule has 1 saturated heterocycles. The first kappa shape index (κ1) is 15.8. The smallest absolute Gasteiger partial charge is 0.224 e. The number of carbonyl (C=O) groups excluding carboxylic acids is 1. The van der Waals surface area contributed by atoms with Crippen LogP contribution in [0.15, 0.2) is 24.3 Å². The fraction of sp³-hybridized carbons (Fsp3) is 0.588. The Hall–Kier alpha value is -1.55. The molecule has 0 radical (unpaired) electrons. The standard InChI is InChI=1S/C17H27N3O/c1-2-6-14-10-12-20(13-14)11-5-9-17(21)19-16-8-4-3-7-15(16)18/h3-4,7-8,14H,2,5-6,9-13,18H2,1H3,(H,19,21). The second kappa shape index (κ2) is 8.03. The molecular weight excluding hydrogens is 262 g/mol. The molecule has 2 rings (SSSR count). The van der Waals surface area contributed by atoms with Gasteiger partial charge >= 0.3 is 0 Å². The summed E-state index contributed by atoms with van der Waals surface area (Å²) in [5.41, 5.74) is 7.15. The SMILES string of the molecule is CCCC1CCN(CCCC(=O)Nc2ccccc2N)C1. The quantitative estimate of drug-likeness (QED) is 0.758. The maximum absolute atomic E-state index is 11.9. The Balaban J connectivity index is 1.65. The van der Waals surface area contributed by atoms with E-state index >= 15 is 0 Å². The molecule has 0 saturated carbocycles. The van der Waals surface area contributed by atoms with E-state index in [4.69, 9.17) is 5.73 Å². The summed E-state index contributed by atoms with van der Waals surface area (Å²) in [6.07, 6.45) is 5.41. The number of benzene rings is 1. The summed E-state index contributed by atoms with van der Waals surface area (Å²) >= 11 is 0. The van der Waals surface area contributed by atoms with Gasteiger partial charge < -0.3 is 16.0 Å². The van der Waals surface area contributed by atoms with E-state index in [1.54, 1.807) is 6.07 Å². The maximum atomic E-state index is 11.9. The first-order chi connectivity index (χ1) is 10.2. The van der Waals surface area contributed by atoms with Gasteiger partial charge in [0.15, 0.2) is 0 Å². The molecule has 1 amide bonds. The number of anilines is 2. The highest BCUT2D eigenvalue weighted by Gasteiger charge is 2.21. The fourth-order valence-corrected chi connectivity index (χ4v) is 3.05. The first-order valence-corrected chi connectivity index (χ1v) is 8.05. The third-order valence-corrected chi connectivity index (χ3v) is 4.18. The summed E-state index contributed by atoms with van der Waals surface area (Å²) in [5.74, 6) is 0.921. The Morgan fingerprint density at radius 1 is 1.43 bits per heavy atom. The number of nitrogens with zero attached hydrogens (tertiary/aromatic N) is 1. The number of likely N-dealkylation sites (tertiary alicyclic amines) is 1. The minimum atomic E-state index is 0.0530. The zero-order chi connectivity index (χ0) is 15.1. The van der Waals surface area contributed by atoms with Crippen molar-refractivity contribution in [1.82, 2.24) is 4.90 Å². The van der Waals surface area contributed by atoms with E-state index in [1.807, 2.05) is 18.2 Å². The van der Waals surface area contributed by atoms with E-state index in [9.17, 15) is 4.79 Å². The van der Waals surface area contributed by atoms with Gasteiger partial charge in [0.25, 0.3) is 0 Å². The molecule has 4 nitrogen and oxygen atoms in total. The number of nitrogens with one attached hydrogen (secondary N) is 1. The summed E-state index contributed by atoms with van der Waals surface area (Å²) in [6.45, 7) is 5.68. The summed E-state index contributed by atoms with van der Waals surface area (Å²) < 4.78 is 0. The molecule has 1 aliphatic heterocycles. The largest absolute Gasteiger partial charge is 0.397 e. The van der Waals surface area contributed by atoms with Gasteiger partial charge in [-0.2, -0.15) is 0 Å². The predicted molar refractivity (Wildman–Crippen MR) is 88.2 cm³/mol. The van der Waals surface area contributed by atoms with Crippen molar-refractivity contribution in [2.75, 3.05) is 30.7 Å². The van der Waals surface area contributed by atoms with Crippen LogP contribution >= 0.6 is 0 Å². The van der Waals surface area contributed by atoms with E-state index in [2.05, 4.69) is 17.1 Å². The monoisotopic (exact) mass is 289 g/mol. The molecular formula is C17H27N3O. The van der Waals surface area contributed by atoms with Crippen molar-refractivity contribution in [3.05, 3.63) is 24.3 Å². The lowest BCUT2D eigenvalue weighted by molar-refractivity contribution is -0.116. The molecule has 0 spiro atoms. The highest BCUT2D eigenvalue weighted by atomic mass is 16.1. The van der Waals surface area contributed by atoms with Gasteiger partial charge in [-0.15, -0.1) is 0 Å². The van der Waals surface area contributed by atoms with Crippen LogP contribution in [-0.4, -0.2) is 30.4 Å². The molecule has 1 atom stereocenters. The molecule has 1 aliphatic rings. The number of nitrogen functional groups attached to an aromatic ring is 1. The fourth-order valence-electron chi connectivity index (χ4n) is 3.05. The van der Waals surface area contributed by atoms with E-state index < -0.39 is 0 Å². The molecule has 3 N–H and O–H groups in total. The Morgan fingerprint density at radius 3 is 3.00 bits per heavy atom. The maximum Gasteiger partial charge on any atom is 0.224 e. The third kappa shape index (κ3) is 5.05. The average molecular weight is 289 g/mol. The molecule has 1 aromatic carbocycles. The molecule has 21 heavy (non-hydrogen) atoms. The van der Waals surface area contributed by atoms with Gasteiger partial charge in [-0.25, -0.2) is 0 Å². The predicted octanol–water partition coefficient (Wildman–Crippen LogP) is 3.11. The van der Waals surface area contributed by atoms with Gasteiger partial charge in [0.05, 0.1) is 11.4 Å². The van der Waals surface area contributed by atoms with E-state index in [0.717, 1.165) is 18.9 Å². The third-order valence-electron chi connectivity index (χ3n) is 4.18. The zero-order valence-electron chi connectivity index (χ0n) is 13.0. The molecule has 0 aromatic heterocycles. The van der Waals surface area contributed by atoms with Crippen molar-refractivity contribution < 1.29 is 4.79 Å². The second-order valence-corrected chi connectivity index (χ2v) is 5.98. The Labute approximate surface area is 127 Å². The highest BCUT2D eigenvalue weighted by Crippen LogP contribution is 2.21. The van der Waals surface area contributed by atoms with Crippen LogP contribution in [0.1, 0.15) is 39.0 Å². The van der Waals surface area contributed by atoms with Gasteiger partial charge in [0.1, 0.15) is 0 Å². The summed E-state index contributed by atoms with van der Waals surface area (Å²) in [7, 11) is 0. The van der Waals surface area contributed by atoms with Crippen molar-refractivity contribution in [2.45, 2.75) is 39.0 Å². The number of amides is 1. The molecule has 0 bridgehead atoms. The summed E-state index contributed by atoms with van der Waals surface area (Å²) in [5, 5.41) is 2.88. The van der Waals surface area contributed by atoms with E-state index in [1.165, 1.54) is 32.4 Å². The molecule has 1 fully saturated rings. The summed E-state index contributed by atoms with van der Waals surface area (Å²) in [4.78, 5) is 14.4. The van der Waals surface area contributed by atoms with Gasteiger partial charge in [0.2, 0.25) is 5.91 Å². The van der Waals surface area contributed by atoms with Crippen LogP contribution in [0.2, 0.25) is 0 Å². The first-order valence-electron chi connectivity index (χ1n) is 8.05. The van der Waals surface area contributed by atoms with Crippen LogP contribution < -0.4 is 11.1 Å². The van der Waals surface area contributed by atoms with Crippen LogP contribution in [0.25, 0.3) is 0 Å². The number of para-hydroxylation sites is 2. The number of carbonyl (C=O) groups is 1. The minimum absolute atomic E-state index is 0.0530. The van der Waals surface area contributed by atoms with Crippen LogP contribution in [0.4, 0.5) is 11.4 Å². The van der Waals surface area contributed by atoms with Crippen molar-refractivity contribution in [3.8, 4) is 0 Å². The number of hydrogen-bond donors (Lipinski definition) is 2. The molecule has 1 unspecified atom stereocenters.